The van der Waals surface area contributed by atoms with Gasteiger partial charge in [0, 0.05) is 18.1 Å². The van der Waals surface area contributed by atoms with Gasteiger partial charge in [0.25, 0.3) is 0 Å². The Balaban J connectivity index is 2.29. The van der Waals surface area contributed by atoms with Gasteiger partial charge in [0.15, 0.2) is 6.20 Å². The second kappa shape index (κ2) is 3.86. The molecule has 0 saturated heterocycles. The monoisotopic (exact) mass is 191 g/mol. The summed E-state index contributed by atoms with van der Waals surface area (Å²) in [5, 5.41) is 11.6. The van der Waals surface area contributed by atoms with Gasteiger partial charge in [-0.1, -0.05) is 19.3 Å². The fourth-order valence-electron chi connectivity index (χ4n) is 2.24. The van der Waals surface area contributed by atoms with E-state index in [9.17, 15) is 5.21 Å². The van der Waals surface area contributed by atoms with Gasteiger partial charge in [-0.05, 0) is 12.8 Å². The van der Waals surface area contributed by atoms with Gasteiger partial charge < -0.3 is 10.9 Å². The lowest BCUT2D eigenvalue weighted by molar-refractivity contribution is -0.615. The molecule has 3 nitrogen and oxygen atoms in total. The molecule has 2 rings (SSSR count). The Hall–Kier alpha value is -1.25. The molecule has 1 aliphatic rings. The molecule has 14 heavy (non-hydrogen) atoms. The maximum atomic E-state index is 11.6. The molecule has 0 unspecified atom stereocenters. The predicted molar refractivity (Wildman–Crippen MR) is 54.5 cm³/mol. The number of nitrogen functional groups attached to an aromatic ring is 1. The smallest absolute Gasteiger partial charge is 0.219 e. The Labute approximate surface area is 84.1 Å². The SMILES string of the molecule is Nc1[c]cc[n+]([O-])c1C1CCCCC1. The molecule has 1 radical (unpaired) electrons. The van der Waals surface area contributed by atoms with Crippen molar-refractivity contribution in [1.82, 2.24) is 0 Å². The molecule has 1 aromatic heterocycles. The summed E-state index contributed by atoms with van der Waals surface area (Å²) in [7, 11) is 0. The Morgan fingerprint density at radius 3 is 2.71 bits per heavy atom. The fraction of sp³-hybridized carbons (Fsp3) is 0.545. The second-order valence-electron chi connectivity index (χ2n) is 3.92. The van der Waals surface area contributed by atoms with Crippen LogP contribution in [0, 0.1) is 11.3 Å². The van der Waals surface area contributed by atoms with Crippen molar-refractivity contribution in [3.63, 3.8) is 0 Å². The highest BCUT2D eigenvalue weighted by Crippen LogP contribution is 2.32. The van der Waals surface area contributed by atoms with Gasteiger partial charge in [-0.15, -0.1) is 0 Å². The number of aromatic nitrogens is 1. The van der Waals surface area contributed by atoms with Crippen LogP contribution in [0.4, 0.5) is 5.69 Å². The molecular formula is C11H15N2O. The van der Waals surface area contributed by atoms with Crippen molar-refractivity contribution < 1.29 is 4.73 Å². The molecule has 3 heteroatoms. The van der Waals surface area contributed by atoms with E-state index in [1.54, 1.807) is 6.07 Å². The van der Waals surface area contributed by atoms with Crippen LogP contribution in [0.25, 0.3) is 0 Å². The normalized spacial score (nSPS) is 18.3. The van der Waals surface area contributed by atoms with Crippen molar-refractivity contribution in [3.8, 4) is 0 Å². The van der Waals surface area contributed by atoms with Crippen LogP contribution in [0.2, 0.25) is 0 Å². The molecule has 0 aromatic carbocycles. The van der Waals surface area contributed by atoms with Crippen molar-refractivity contribution in [2.75, 3.05) is 5.73 Å². The molecule has 75 valence electrons. The van der Waals surface area contributed by atoms with E-state index >= 15 is 0 Å². The molecule has 1 heterocycles. The Morgan fingerprint density at radius 1 is 1.36 bits per heavy atom. The molecule has 2 N–H and O–H groups in total. The third-order valence-corrected chi connectivity index (χ3v) is 2.95. The van der Waals surface area contributed by atoms with Crippen molar-refractivity contribution in [2.24, 2.45) is 0 Å². The van der Waals surface area contributed by atoms with Crippen LogP contribution in [-0.4, -0.2) is 0 Å². The van der Waals surface area contributed by atoms with Crippen LogP contribution in [0.3, 0.4) is 0 Å². The third kappa shape index (κ3) is 1.67. The average Bonchev–Trinajstić information content (AvgIpc) is 2.19. The standard InChI is InChI=1S/C11H15N2O/c12-10-7-4-8-13(14)11(10)9-5-2-1-3-6-9/h4,8-9H,1-3,5-6,12H2. The number of nitrogens with zero attached hydrogens (tertiary/aromatic N) is 1. The van der Waals surface area contributed by atoms with Crippen molar-refractivity contribution in [1.29, 1.82) is 0 Å². The zero-order valence-electron chi connectivity index (χ0n) is 8.20. The van der Waals surface area contributed by atoms with Crippen molar-refractivity contribution >= 4 is 5.69 Å². The summed E-state index contributed by atoms with van der Waals surface area (Å²) in [6.45, 7) is 0. The molecule has 1 aliphatic carbocycles. The molecule has 1 fully saturated rings. The summed E-state index contributed by atoms with van der Waals surface area (Å²) in [4.78, 5) is 0. The summed E-state index contributed by atoms with van der Waals surface area (Å²) in [5.74, 6) is 0.346. The second-order valence-corrected chi connectivity index (χ2v) is 3.92. The van der Waals surface area contributed by atoms with Crippen molar-refractivity contribution in [2.45, 2.75) is 38.0 Å². The minimum absolute atomic E-state index is 0.346. The molecule has 1 aromatic rings. The summed E-state index contributed by atoms with van der Waals surface area (Å²) < 4.78 is 0.905. The lowest BCUT2D eigenvalue weighted by atomic mass is 9.86. The first-order valence-corrected chi connectivity index (χ1v) is 5.18. The minimum Gasteiger partial charge on any atom is -0.618 e. The summed E-state index contributed by atoms with van der Waals surface area (Å²) >= 11 is 0. The van der Waals surface area contributed by atoms with E-state index in [-0.39, 0.29) is 0 Å². The Kier molecular flexibility index (Phi) is 2.57. The predicted octanol–water partition coefficient (Wildman–Crippen LogP) is 1.75. The van der Waals surface area contributed by atoms with Crippen LogP contribution >= 0.6 is 0 Å². The highest BCUT2D eigenvalue weighted by molar-refractivity contribution is 5.40. The lowest BCUT2D eigenvalue weighted by Crippen LogP contribution is -2.34. The number of pyridine rings is 1. The molecule has 0 bridgehead atoms. The van der Waals surface area contributed by atoms with Gasteiger partial charge in [-0.2, -0.15) is 4.73 Å². The summed E-state index contributed by atoms with van der Waals surface area (Å²) in [6, 6.07) is 4.47. The van der Waals surface area contributed by atoms with Gasteiger partial charge in [-0.3, -0.25) is 0 Å². The highest BCUT2D eigenvalue weighted by atomic mass is 16.5. The number of anilines is 1. The lowest BCUT2D eigenvalue weighted by Gasteiger charge is -2.21. The quantitative estimate of drug-likeness (QED) is 0.543. The van der Waals surface area contributed by atoms with Gasteiger partial charge in [-0.25, -0.2) is 0 Å². The van der Waals surface area contributed by atoms with Gasteiger partial charge in [0.05, 0.1) is 0 Å². The maximum Gasteiger partial charge on any atom is 0.219 e. The fourth-order valence-corrected chi connectivity index (χ4v) is 2.24. The number of rotatable bonds is 1. The molecule has 0 spiro atoms. The molecule has 1 saturated carbocycles. The summed E-state index contributed by atoms with van der Waals surface area (Å²) in [5.41, 5.74) is 7.03. The van der Waals surface area contributed by atoms with Crippen LogP contribution in [0.15, 0.2) is 12.3 Å². The zero-order chi connectivity index (χ0) is 9.97. The van der Waals surface area contributed by atoms with Gasteiger partial charge in [0.2, 0.25) is 5.69 Å². The first-order chi connectivity index (χ1) is 6.79. The number of hydrogen-bond donors (Lipinski definition) is 1. The van der Waals surface area contributed by atoms with E-state index in [2.05, 4.69) is 6.07 Å². The van der Waals surface area contributed by atoms with Crippen LogP contribution < -0.4 is 10.5 Å². The van der Waals surface area contributed by atoms with Crippen LogP contribution in [-0.2, 0) is 0 Å². The van der Waals surface area contributed by atoms with E-state index in [0.29, 0.717) is 11.6 Å². The van der Waals surface area contributed by atoms with E-state index in [1.807, 2.05) is 0 Å². The van der Waals surface area contributed by atoms with Gasteiger partial charge >= 0.3 is 0 Å². The zero-order valence-corrected chi connectivity index (χ0v) is 8.20. The minimum atomic E-state index is 0.346. The molecular weight excluding hydrogens is 176 g/mol. The molecule has 0 amide bonds. The van der Waals surface area contributed by atoms with Crippen molar-refractivity contribution in [3.05, 3.63) is 29.2 Å². The van der Waals surface area contributed by atoms with Crippen LogP contribution in [0.5, 0.6) is 0 Å². The highest BCUT2D eigenvalue weighted by Gasteiger charge is 2.24. The van der Waals surface area contributed by atoms with Crippen LogP contribution in [0.1, 0.15) is 43.7 Å². The third-order valence-electron chi connectivity index (χ3n) is 2.95. The van der Waals surface area contributed by atoms with E-state index in [0.717, 1.165) is 23.3 Å². The molecule has 0 aliphatic heterocycles. The Bertz CT molecular complexity index is 299. The first-order valence-electron chi connectivity index (χ1n) is 5.18. The van der Waals surface area contributed by atoms with E-state index in [1.165, 1.54) is 25.5 Å². The molecule has 0 atom stereocenters. The largest absolute Gasteiger partial charge is 0.618 e. The topological polar surface area (TPSA) is 53.0 Å². The average molecular weight is 191 g/mol. The van der Waals surface area contributed by atoms with Gasteiger partial charge in [0.1, 0.15) is 5.69 Å². The number of hydrogen-bond acceptors (Lipinski definition) is 2. The Morgan fingerprint density at radius 2 is 2.07 bits per heavy atom. The van der Waals surface area contributed by atoms with E-state index in [4.69, 9.17) is 5.73 Å². The maximum absolute atomic E-state index is 11.6. The number of nitrogens with two attached hydrogens (primary N) is 1. The summed E-state index contributed by atoms with van der Waals surface area (Å²) in [6.07, 6.45) is 7.36. The first kappa shape index (κ1) is 9.31. The van der Waals surface area contributed by atoms with E-state index < -0.39 is 0 Å².